The van der Waals surface area contributed by atoms with Crippen LogP contribution in [0.1, 0.15) is 61.0 Å². The number of aliphatic hydroxyl groups is 1. The lowest BCUT2D eigenvalue weighted by atomic mass is 9.95. The second-order valence-electron chi connectivity index (χ2n) is 8.90. The van der Waals surface area contributed by atoms with Crippen LogP contribution in [0.3, 0.4) is 0 Å². The first-order valence-electron chi connectivity index (χ1n) is 9.89. The number of carbonyl (C=O) groups is 1. The van der Waals surface area contributed by atoms with Crippen molar-refractivity contribution in [3.8, 4) is 0 Å². The summed E-state index contributed by atoms with van der Waals surface area (Å²) in [4.78, 5) is 14.6. The molecule has 4 nitrogen and oxygen atoms in total. The molecule has 0 spiro atoms. The van der Waals surface area contributed by atoms with Crippen molar-refractivity contribution in [2.24, 2.45) is 5.41 Å². The predicted octanol–water partition coefficient (Wildman–Crippen LogP) is 7.08. The Hall–Kier alpha value is -1.97. The van der Waals surface area contributed by atoms with Crippen molar-refractivity contribution < 1.29 is 14.6 Å². The second-order valence-corrected chi connectivity index (χ2v) is 9.76. The monoisotopic (exact) mass is 463 g/mol. The second kappa shape index (κ2) is 10.2. The molecule has 0 bridgehead atoms. The maximum Gasteiger partial charge on any atom is 0.411 e. The number of carbonyl (C=O) groups excluding carboxylic acids is 1. The number of amides is 1. The summed E-state index contributed by atoms with van der Waals surface area (Å²) in [5, 5.41) is 10.9. The smallest absolute Gasteiger partial charge is 0.411 e. The molecule has 1 amide bonds. The van der Waals surface area contributed by atoms with Gasteiger partial charge in [-0.2, -0.15) is 0 Å². The van der Waals surface area contributed by atoms with Crippen LogP contribution in [0.25, 0.3) is 6.08 Å². The Kier molecular flexibility index (Phi) is 8.80. The largest absolute Gasteiger partial charge is 0.501 e. The highest BCUT2D eigenvalue weighted by atomic mass is 79.9. The lowest BCUT2D eigenvalue weighted by Crippen LogP contribution is -2.47. The SMILES string of the molecule is CC(C)N(C(=O)O[C@@](C)(C(O)=C=CC(C)(C)C)/C(Br)=C/c1ccccc1)C(C)C. The first-order chi connectivity index (χ1) is 13.3. The zero-order valence-electron chi connectivity index (χ0n) is 18.8. The van der Waals surface area contributed by atoms with Crippen molar-refractivity contribution in [1.82, 2.24) is 4.90 Å². The van der Waals surface area contributed by atoms with E-state index in [9.17, 15) is 9.90 Å². The van der Waals surface area contributed by atoms with Gasteiger partial charge < -0.3 is 14.7 Å². The minimum atomic E-state index is -1.42. The summed E-state index contributed by atoms with van der Waals surface area (Å²) in [5.41, 5.74) is 2.22. The van der Waals surface area contributed by atoms with E-state index in [0.29, 0.717) is 4.48 Å². The Labute approximate surface area is 184 Å². The molecule has 0 heterocycles. The molecule has 160 valence electrons. The Morgan fingerprint density at radius 2 is 1.62 bits per heavy atom. The van der Waals surface area contributed by atoms with E-state index in [1.165, 1.54) is 0 Å². The highest BCUT2D eigenvalue weighted by Crippen LogP contribution is 2.35. The summed E-state index contributed by atoms with van der Waals surface area (Å²) in [6, 6.07) is 9.55. The summed E-state index contributed by atoms with van der Waals surface area (Å²) in [7, 11) is 0. The number of rotatable bonds is 6. The number of nitrogens with zero attached hydrogens (tertiary/aromatic N) is 1. The predicted molar refractivity (Wildman–Crippen MR) is 124 cm³/mol. The molecule has 1 N–H and O–H groups in total. The third-order valence-electron chi connectivity index (χ3n) is 4.26. The molecule has 0 aliphatic rings. The zero-order chi connectivity index (χ0) is 22.4. The fourth-order valence-electron chi connectivity index (χ4n) is 2.71. The summed E-state index contributed by atoms with van der Waals surface area (Å²) >= 11 is 3.54. The average Bonchev–Trinajstić information content (AvgIpc) is 2.58. The van der Waals surface area contributed by atoms with E-state index in [1.54, 1.807) is 17.9 Å². The van der Waals surface area contributed by atoms with E-state index in [2.05, 4.69) is 21.7 Å². The van der Waals surface area contributed by atoms with Gasteiger partial charge in [-0.3, -0.25) is 0 Å². The number of aliphatic hydroxyl groups excluding tert-OH is 1. The number of hydrogen-bond donors (Lipinski definition) is 1. The molecule has 1 aromatic carbocycles. The Balaban J connectivity index is 3.47. The van der Waals surface area contributed by atoms with Crippen LogP contribution in [0.5, 0.6) is 0 Å². The fraction of sp³-hybridized carbons (Fsp3) is 0.500. The van der Waals surface area contributed by atoms with Crippen molar-refractivity contribution in [3.05, 3.63) is 57.9 Å². The summed E-state index contributed by atoms with van der Waals surface area (Å²) in [6.45, 7) is 15.4. The zero-order valence-corrected chi connectivity index (χ0v) is 20.4. The molecule has 0 aliphatic heterocycles. The van der Waals surface area contributed by atoms with Crippen molar-refractivity contribution in [2.75, 3.05) is 0 Å². The van der Waals surface area contributed by atoms with E-state index in [-0.39, 0.29) is 23.3 Å². The van der Waals surface area contributed by atoms with E-state index >= 15 is 0 Å². The molecule has 0 fully saturated rings. The third-order valence-corrected chi connectivity index (χ3v) is 5.24. The quantitative estimate of drug-likeness (QED) is 0.362. The molecule has 0 aromatic heterocycles. The van der Waals surface area contributed by atoms with Crippen molar-refractivity contribution in [3.63, 3.8) is 0 Å². The van der Waals surface area contributed by atoms with Crippen LogP contribution in [0.4, 0.5) is 4.79 Å². The molecule has 0 unspecified atom stereocenters. The first-order valence-corrected chi connectivity index (χ1v) is 10.7. The van der Waals surface area contributed by atoms with E-state index in [1.807, 2.05) is 84.9 Å². The van der Waals surface area contributed by atoms with E-state index in [4.69, 9.17) is 4.74 Å². The van der Waals surface area contributed by atoms with Crippen LogP contribution in [-0.4, -0.2) is 33.8 Å². The summed E-state index contributed by atoms with van der Waals surface area (Å²) in [6.07, 6.45) is 3.09. The van der Waals surface area contributed by atoms with Crippen molar-refractivity contribution in [2.45, 2.75) is 73.1 Å². The van der Waals surface area contributed by atoms with Gasteiger partial charge in [0.25, 0.3) is 0 Å². The van der Waals surface area contributed by atoms with Gasteiger partial charge in [-0.25, -0.2) is 4.79 Å². The van der Waals surface area contributed by atoms with Gasteiger partial charge in [-0.05, 0) is 57.7 Å². The maximum absolute atomic E-state index is 13.0. The van der Waals surface area contributed by atoms with Crippen LogP contribution in [0, 0.1) is 5.41 Å². The average molecular weight is 464 g/mol. The number of ether oxygens (including phenoxy) is 1. The number of halogens is 1. The third kappa shape index (κ3) is 7.41. The van der Waals surface area contributed by atoms with Gasteiger partial charge in [0.15, 0.2) is 5.76 Å². The van der Waals surface area contributed by atoms with Gasteiger partial charge in [-0.1, -0.05) is 72.8 Å². The van der Waals surface area contributed by atoms with E-state index in [0.717, 1.165) is 5.56 Å². The minimum Gasteiger partial charge on any atom is -0.501 e. The molecule has 1 atom stereocenters. The number of benzene rings is 1. The Bertz CT molecular complexity index is 776. The van der Waals surface area contributed by atoms with Gasteiger partial charge in [0.2, 0.25) is 5.60 Å². The van der Waals surface area contributed by atoms with Crippen molar-refractivity contribution >= 4 is 28.1 Å². The molecule has 0 saturated carbocycles. The molecule has 29 heavy (non-hydrogen) atoms. The van der Waals surface area contributed by atoms with Crippen LogP contribution in [-0.2, 0) is 4.74 Å². The standard InChI is InChI=1S/C24H34BrNO3/c1-17(2)26(18(3)4)22(28)29-24(8,21(27)14-15-23(5,6)7)20(25)16-19-12-10-9-11-13-19/h9-13,15-18,27H,1-8H3/b20-16-/t14?,24-/m1/s1. The lowest BCUT2D eigenvalue weighted by molar-refractivity contribution is 0.0151. The number of hydrogen-bond acceptors (Lipinski definition) is 3. The minimum absolute atomic E-state index is 0.0418. The maximum atomic E-state index is 13.0. The Morgan fingerprint density at radius 3 is 2.07 bits per heavy atom. The molecule has 1 rings (SSSR count). The van der Waals surface area contributed by atoms with Crippen molar-refractivity contribution in [1.29, 1.82) is 0 Å². The summed E-state index contributed by atoms with van der Waals surface area (Å²) < 4.78 is 6.40. The van der Waals surface area contributed by atoms with Gasteiger partial charge in [0.05, 0.1) is 0 Å². The lowest BCUT2D eigenvalue weighted by Gasteiger charge is -2.35. The normalized spacial score (nSPS) is 14.2. The van der Waals surface area contributed by atoms with Gasteiger partial charge >= 0.3 is 6.09 Å². The topological polar surface area (TPSA) is 49.8 Å². The highest BCUT2D eigenvalue weighted by Gasteiger charge is 2.39. The Morgan fingerprint density at radius 1 is 1.10 bits per heavy atom. The first kappa shape index (κ1) is 25.1. The van der Waals surface area contributed by atoms with Gasteiger partial charge in [0.1, 0.15) is 0 Å². The molecule has 0 saturated heterocycles. The molecule has 0 radical (unpaired) electrons. The van der Waals surface area contributed by atoms with Crippen LogP contribution < -0.4 is 0 Å². The molecule has 0 aliphatic carbocycles. The van der Waals surface area contributed by atoms with E-state index < -0.39 is 11.7 Å². The fourth-order valence-corrected chi connectivity index (χ4v) is 3.24. The molecule has 5 heteroatoms. The molecular formula is C24H34BrNO3. The van der Waals surface area contributed by atoms with Crippen LogP contribution in [0.15, 0.2) is 52.4 Å². The highest BCUT2D eigenvalue weighted by molar-refractivity contribution is 9.11. The van der Waals surface area contributed by atoms with Crippen LogP contribution >= 0.6 is 15.9 Å². The molecular weight excluding hydrogens is 430 g/mol. The summed E-state index contributed by atoms with van der Waals surface area (Å²) in [5.74, 6) is -0.174. The van der Waals surface area contributed by atoms with Gasteiger partial charge in [-0.15, -0.1) is 0 Å². The van der Waals surface area contributed by atoms with Crippen LogP contribution in [0.2, 0.25) is 0 Å². The molecule has 1 aromatic rings. The van der Waals surface area contributed by atoms with Gasteiger partial charge in [0, 0.05) is 16.6 Å².